The molecule has 0 radical (unpaired) electrons. The average molecular weight is 278 g/mol. The van der Waals surface area contributed by atoms with Crippen molar-refractivity contribution in [3.63, 3.8) is 0 Å². The van der Waals surface area contributed by atoms with Gasteiger partial charge < -0.3 is 9.73 Å². The quantitative estimate of drug-likeness (QED) is 0.674. The number of hydrogen-bond donors (Lipinski definition) is 1. The van der Waals surface area contributed by atoms with Crippen LogP contribution in [0.3, 0.4) is 0 Å². The van der Waals surface area contributed by atoms with Crippen molar-refractivity contribution in [2.75, 3.05) is 5.32 Å². The van der Waals surface area contributed by atoms with Gasteiger partial charge in [-0.15, -0.1) is 0 Å². The van der Waals surface area contributed by atoms with Crippen molar-refractivity contribution in [3.05, 3.63) is 57.3 Å². The summed E-state index contributed by atoms with van der Waals surface area (Å²) in [6.45, 7) is 5.50. The second-order valence-electron chi connectivity index (χ2n) is 4.66. The molecule has 20 heavy (non-hydrogen) atoms. The normalized spacial score (nSPS) is 12.2. The number of furan rings is 1. The first-order chi connectivity index (χ1) is 9.38. The van der Waals surface area contributed by atoms with Gasteiger partial charge in [-0.25, -0.2) is 4.39 Å². The molecular weight excluding hydrogens is 263 g/mol. The molecule has 1 heterocycles. The van der Waals surface area contributed by atoms with E-state index >= 15 is 0 Å². The molecule has 1 aromatic heterocycles. The fourth-order valence-electron chi connectivity index (χ4n) is 2.13. The Hall–Kier alpha value is -2.37. The summed E-state index contributed by atoms with van der Waals surface area (Å²) in [5.41, 5.74) is 0.847. The van der Waals surface area contributed by atoms with Gasteiger partial charge in [0.2, 0.25) is 0 Å². The summed E-state index contributed by atoms with van der Waals surface area (Å²) in [4.78, 5) is 10.2. The summed E-state index contributed by atoms with van der Waals surface area (Å²) >= 11 is 0. The molecule has 106 valence electrons. The molecule has 5 nitrogen and oxygen atoms in total. The second-order valence-corrected chi connectivity index (χ2v) is 4.66. The maximum absolute atomic E-state index is 13.7. The molecule has 0 fully saturated rings. The number of nitro groups is 1. The fraction of sp³-hybridized carbons (Fsp3) is 0.286. The Kier molecular flexibility index (Phi) is 3.74. The zero-order valence-corrected chi connectivity index (χ0v) is 11.4. The van der Waals surface area contributed by atoms with Crippen molar-refractivity contribution in [1.29, 1.82) is 0 Å². The van der Waals surface area contributed by atoms with Gasteiger partial charge in [-0.1, -0.05) is 0 Å². The molecule has 6 heteroatoms. The van der Waals surface area contributed by atoms with Crippen LogP contribution < -0.4 is 5.32 Å². The van der Waals surface area contributed by atoms with Crippen molar-refractivity contribution in [2.45, 2.75) is 26.8 Å². The van der Waals surface area contributed by atoms with Gasteiger partial charge in [-0.05, 0) is 32.9 Å². The maximum atomic E-state index is 13.7. The van der Waals surface area contributed by atoms with Gasteiger partial charge in [-0.2, -0.15) is 0 Å². The topological polar surface area (TPSA) is 68.3 Å². The van der Waals surface area contributed by atoms with Crippen molar-refractivity contribution < 1.29 is 13.7 Å². The first kappa shape index (κ1) is 14.0. The van der Waals surface area contributed by atoms with Gasteiger partial charge in [0.05, 0.1) is 16.7 Å². The van der Waals surface area contributed by atoms with Crippen molar-refractivity contribution in [2.24, 2.45) is 0 Å². The van der Waals surface area contributed by atoms with Gasteiger partial charge in [0.25, 0.3) is 5.69 Å². The maximum Gasteiger partial charge on any atom is 0.271 e. The third kappa shape index (κ3) is 2.79. The molecule has 0 saturated carbocycles. The Balaban J connectivity index is 2.27. The summed E-state index contributed by atoms with van der Waals surface area (Å²) in [5.74, 6) is 0.985. The Morgan fingerprint density at radius 1 is 1.35 bits per heavy atom. The van der Waals surface area contributed by atoms with Crippen molar-refractivity contribution in [1.82, 2.24) is 0 Å². The molecule has 1 N–H and O–H groups in total. The predicted molar refractivity (Wildman–Crippen MR) is 73.3 cm³/mol. The predicted octanol–water partition coefficient (Wildman–Crippen LogP) is 4.12. The second kappa shape index (κ2) is 5.32. The van der Waals surface area contributed by atoms with Gasteiger partial charge in [0.1, 0.15) is 17.3 Å². The van der Waals surface area contributed by atoms with Crippen LogP contribution in [0.5, 0.6) is 0 Å². The van der Waals surface area contributed by atoms with Gasteiger partial charge >= 0.3 is 0 Å². The van der Waals surface area contributed by atoms with Crippen LogP contribution >= 0.6 is 0 Å². The highest BCUT2D eigenvalue weighted by Crippen LogP contribution is 2.28. The summed E-state index contributed by atoms with van der Waals surface area (Å²) < 4.78 is 19.1. The van der Waals surface area contributed by atoms with E-state index in [-0.39, 0.29) is 17.4 Å². The molecule has 0 aliphatic carbocycles. The third-order valence-corrected chi connectivity index (χ3v) is 3.08. The van der Waals surface area contributed by atoms with E-state index in [0.29, 0.717) is 0 Å². The number of benzene rings is 1. The Morgan fingerprint density at radius 2 is 2.05 bits per heavy atom. The van der Waals surface area contributed by atoms with E-state index in [1.165, 1.54) is 6.07 Å². The molecule has 2 rings (SSSR count). The molecule has 1 atom stereocenters. The minimum Gasteiger partial charge on any atom is -0.466 e. The first-order valence-electron chi connectivity index (χ1n) is 6.16. The standard InChI is InChI=1S/C14H15FN2O3/c1-8-6-12(10(3)20-8)9(2)16-14-7-11(17(18)19)4-5-13(14)15/h4-7,9,16H,1-3H3. The van der Waals surface area contributed by atoms with Crippen LogP contribution in [0.25, 0.3) is 0 Å². The fourth-order valence-corrected chi connectivity index (χ4v) is 2.13. The number of nitrogens with one attached hydrogen (secondary N) is 1. The van der Waals surface area contributed by atoms with E-state index in [2.05, 4.69) is 5.32 Å². The number of rotatable bonds is 4. The lowest BCUT2D eigenvalue weighted by atomic mass is 10.1. The van der Waals surface area contributed by atoms with E-state index in [9.17, 15) is 14.5 Å². The summed E-state index contributed by atoms with van der Waals surface area (Å²) in [5, 5.41) is 13.7. The zero-order valence-electron chi connectivity index (χ0n) is 11.4. The number of halogens is 1. The zero-order chi connectivity index (χ0) is 14.9. The highest BCUT2D eigenvalue weighted by molar-refractivity contribution is 5.53. The molecular formula is C14H15FN2O3. The molecule has 2 aromatic rings. The molecule has 0 bridgehead atoms. The monoisotopic (exact) mass is 278 g/mol. The van der Waals surface area contributed by atoms with Gasteiger partial charge in [0.15, 0.2) is 0 Å². The lowest BCUT2D eigenvalue weighted by molar-refractivity contribution is -0.384. The molecule has 0 spiro atoms. The first-order valence-corrected chi connectivity index (χ1v) is 6.16. The molecule has 1 aromatic carbocycles. The van der Waals surface area contributed by atoms with Gasteiger partial charge in [0, 0.05) is 17.7 Å². The summed E-state index contributed by atoms with van der Waals surface area (Å²) in [6.07, 6.45) is 0. The van der Waals surface area contributed by atoms with E-state index in [1.807, 2.05) is 26.8 Å². The number of non-ortho nitro benzene ring substituents is 1. The number of nitrogens with zero attached hydrogens (tertiary/aromatic N) is 1. The molecule has 0 amide bonds. The summed E-state index contributed by atoms with van der Waals surface area (Å²) in [6, 6.07) is 5.05. The van der Waals surface area contributed by atoms with Crippen LogP contribution in [0.15, 0.2) is 28.7 Å². The smallest absolute Gasteiger partial charge is 0.271 e. The highest BCUT2D eigenvalue weighted by Gasteiger charge is 2.16. The van der Waals surface area contributed by atoms with Crippen molar-refractivity contribution in [3.8, 4) is 0 Å². The number of aryl methyl sites for hydroxylation is 2. The van der Waals surface area contributed by atoms with Crippen molar-refractivity contribution >= 4 is 11.4 Å². The molecule has 0 aliphatic rings. The number of hydrogen-bond acceptors (Lipinski definition) is 4. The highest BCUT2D eigenvalue weighted by atomic mass is 19.1. The van der Waals surface area contributed by atoms with Crippen LogP contribution in [0, 0.1) is 29.8 Å². The number of anilines is 1. The van der Waals surface area contributed by atoms with Crippen LogP contribution in [0.1, 0.15) is 30.0 Å². The Labute approximate surface area is 115 Å². The minimum absolute atomic E-state index is 0.102. The van der Waals surface area contributed by atoms with Crippen LogP contribution in [0.4, 0.5) is 15.8 Å². The van der Waals surface area contributed by atoms with Crippen LogP contribution in [0.2, 0.25) is 0 Å². The lowest BCUT2D eigenvalue weighted by Gasteiger charge is -2.15. The van der Waals surface area contributed by atoms with E-state index < -0.39 is 10.7 Å². The Bertz CT molecular complexity index is 652. The Morgan fingerprint density at radius 3 is 2.60 bits per heavy atom. The SMILES string of the molecule is Cc1cc(C(C)Nc2cc([N+](=O)[O-])ccc2F)c(C)o1. The number of nitro benzene ring substituents is 1. The van der Waals surface area contributed by atoms with Gasteiger partial charge in [-0.3, -0.25) is 10.1 Å². The third-order valence-electron chi connectivity index (χ3n) is 3.08. The van der Waals surface area contributed by atoms with Crippen LogP contribution in [-0.4, -0.2) is 4.92 Å². The molecule has 0 aliphatic heterocycles. The molecule has 1 unspecified atom stereocenters. The molecule has 0 saturated heterocycles. The average Bonchev–Trinajstić information content (AvgIpc) is 2.71. The van der Waals surface area contributed by atoms with E-state index in [4.69, 9.17) is 4.42 Å². The van der Waals surface area contributed by atoms with E-state index in [0.717, 1.165) is 29.2 Å². The largest absolute Gasteiger partial charge is 0.466 e. The minimum atomic E-state index is -0.553. The van der Waals surface area contributed by atoms with Crippen LogP contribution in [-0.2, 0) is 0 Å². The lowest BCUT2D eigenvalue weighted by Crippen LogP contribution is -2.08. The van der Waals surface area contributed by atoms with E-state index in [1.54, 1.807) is 0 Å². The summed E-state index contributed by atoms with van der Waals surface area (Å²) in [7, 11) is 0.